The van der Waals surface area contributed by atoms with E-state index in [2.05, 4.69) is 41.5 Å². The number of ether oxygens (including phenoxy) is 1. The fourth-order valence-electron chi connectivity index (χ4n) is 3.11. The average molecular weight is 258 g/mol. The van der Waals surface area contributed by atoms with Crippen molar-refractivity contribution in [3.8, 4) is 0 Å². The minimum absolute atomic E-state index is 0.142. The molecule has 0 radical (unpaired) electrons. The molecule has 1 aromatic rings. The summed E-state index contributed by atoms with van der Waals surface area (Å²) in [5.41, 5.74) is 2.59. The molecule has 1 aliphatic heterocycles. The maximum atomic E-state index is 6.09. The summed E-state index contributed by atoms with van der Waals surface area (Å²) in [4.78, 5) is 0. The first-order chi connectivity index (χ1) is 9.33. The van der Waals surface area contributed by atoms with E-state index in [1.165, 1.54) is 17.6 Å². The van der Waals surface area contributed by atoms with E-state index in [1.807, 2.05) is 6.07 Å². The van der Waals surface area contributed by atoms with Gasteiger partial charge in [0.1, 0.15) is 6.23 Å². The van der Waals surface area contributed by atoms with Crippen LogP contribution in [0.5, 0.6) is 0 Å². The Hall–Kier alpha value is -1.16. The van der Waals surface area contributed by atoms with Crippen LogP contribution in [0.2, 0.25) is 0 Å². The highest BCUT2D eigenvalue weighted by atomic mass is 16.5. The van der Waals surface area contributed by atoms with E-state index in [-0.39, 0.29) is 6.23 Å². The van der Waals surface area contributed by atoms with E-state index in [4.69, 9.17) is 4.74 Å². The first-order valence-electron chi connectivity index (χ1n) is 7.12. The molecular weight excluding hydrogens is 236 g/mol. The maximum absolute atomic E-state index is 6.09. The number of hydrogen-bond donors (Lipinski definition) is 2. The van der Waals surface area contributed by atoms with Crippen molar-refractivity contribution in [3.63, 3.8) is 0 Å². The standard InChI is InChI=1S/C16H22N2O/c1-12-7-8-15-14(9-12)16(18-11-17-15)19-10-13-5-3-2-4-6-13/h2-6,14-18H,1,7-11H2. The van der Waals surface area contributed by atoms with Gasteiger partial charge in [-0.2, -0.15) is 0 Å². The molecule has 0 amide bonds. The predicted molar refractivity (Wildman–Crippen MR) is 76.4 cm³/mol. The highest BCUT2D eigenvalue weighted by molar-refractivity contribution is 5.13. The minimum Gasteiger partial charge on any atom is -0.358 e. The Kier molecular flexibility index (Phi) is 3.97. The van der Waals surface area contributed by atoms with Gasteiger partial charge >= 0.3 is 0 Å². The first-order valence-corrected chi connectivity index (χ1v) is 7.12. The molecule has 1 saturated heterocycles. The number of allylic oxidation sites excluding steroid dienone is 1. The predicted octanol–water partition coefficient (Wildman–Crippen LogP) is 2.40. The normalized spacial score (nSPS) is 30.9. The quantitative estimate of drug-likeness (QED) is 0.817. The van der Waals surface area contributed by atoms with Gasteiger partial charge in [-0.1, -0.05) is 42.5 Å². The molecule has 0 aromatic heterocycles. The molecule has 19 heavy (non-hydrogen) atoms. The van der Waals surface area contributed by atoms with Gasteiger partial charge in [0.15, 0.2) is 0 Å². The van der Waals surface area contributed by atoms with E-state index >= 15 is 0 Å². The molecule has 0 bridgehead atoms. The number of nitrogens with one attached hydrogen (secondary N) is 2. The summed E-state index contributed by atoms with van der Waals surface area (Å²) in [6.07, 6.45) is 3.56. The molecule has 1 aromatic carbocycles. The Morgan fingerprint density at radius 1 is 1.21 bits per heavy atom. The first kappa shape index (κ1) is 12.9. The van der Waals surface area contributed by atoms with Crippen LogP contribution < -0.4 is 10.6 Å². The zero-order chi connectivity index (χ0) is 13.1. The van der Waals surface area contributed by atoms with Crippen molar-refractivity contribution in [2.75, 3.05) is 6.67 Å². The monoisotopic (exact) mass is 258 g/mol. The van der Waals surface area contributed by atoms with Gasteiger partial charge in [-0.05, 0) is 24.8 Å². The van der Waals surface area contributed by atoms with Crippen LogP contribution in [0.1, 0.15) is 24.8 Å². The minimum atomic E-state index is 0.142. The SMILES string of the molecule is C=C1CCC2NCNC(OCc3ccccc3)C2C1. The van der Waals surface area contributed by atoms with Crippen LogP contribution >= 0.6 is 0 Å². The molecule has 3 rings (SSSR count). The fourth-order valence-corrected chi connectivity index (χ4v) is 3.11. The summed E-state index contributed by atoms with van der Waals surface area (Å²) in [6.45, 7) is 5.66. The van der Waals surface area contributed by atoms with Crippen molar-refractivity contribution < 1.29 is 4.74 Å². The summed E-state index contributed by atoms with van der Waals surface area (Å²) >= 11 is 0. The van der Waals surface area contributed by atoms with E-state index in [1.54, 1.807) is 0 Å². The van der Waals surface area contributed by atoms with Gasteiger partial charge in [0, 0.05) is 18.6 Å². The van der Waals surface area contributed by atoms with Gasteiger partial charge in [-0.3, -0.25) is 5.32 Å². The van der Waals surface area contributed by atoms with Gasteiger partial charge in [0.05, 0.1) is 6.61 Å². The molecule has 102 valence electrons. The smallest absolute Gasteiger partial charge is 0.114 e. The summed E-state index contributed by atoms with van der Waals surface area (Å²) < 4.78 is 6.09. The second-order valence-corrected chi connectivity index (χ2v) is 5.57. The third-order valence-corrected chi connectivity index (χ3v) is 4.18. The molecule has 2 fully saturated rings. The van der Waals surface area contributed by atoms with E-state index < -0.39 is 0 Å². The van der Waals surface area contributed by atoms with Crippen LogP contribution in [-0.4, -0.2) is 18.9 Å². The molecule has 0 spiro atoms. The Balaban J connectivity index is 1.61. The van der Waals surface area contributed by atoms with Crippen LogP contribution in [0.15, 0.2) is 42.5 Å². The number of hydrogen-bond acceptors (Lipinski definition) is 3. The lowest BCUT2D eigenvalue weighted by Gasteiger charge is -2.42. The van der Waals surface area contributed by atoms with Crippen molar-refractivity contribution >= 4 is 0 Å². The van der Waals surface area contributed by atoms with Crippen LogP contribution in [0.25, 0.3) is 0 Å². The lowest BCUT2D eigenvalue weighted by atomic mass is 9.80. The molecule has 3 atom stereocenters. The van der Waals surface area contributed by atoms with E-state index in [0.29, 0.717) is 18.6 Å². The zero-order valence-electron chi connectivity index (χ0n) is 11.3. The molecule has 2 N–H and O–H groups in total. The molecule has 3 heteroatoms. The van der Waals surface area contributed by atoms with Gasteiger partial charge in [-0.15, -0.1) is 0 Å². The highest BCUT2D eigenvalue weighted by Gasteiger charge is 2.36. The molecule has 3 unspecified atom stereocenters. The Labute approximate surface area is 115 Å². The van der Waals surface area contributed by atoms with Crippen molar-refractivity contribution in [2.45, 2.75) is 38.1 Å². The van der Waals surface area contributed by atoms with Crippen molar-refractivity contribution in [3.05, 3.63) is 48.0 Å². The van der Waals surface area contributed by atoms with E-state index in [0.717, 1.165) is 19.5 Å². The number of rotatable bonds is 3. The summed E-state index contributed by atoms with van der Waals surface area (Å²) in [5.74, 6) is 0.513. The van der Waals surface area contributed by atoms with Gasteiger partial charge in [-0.25, -0.2) is 0 Å². The second kappa shape index (κ2) is 5.87. The van der Waals surface area contributed by atoms with Gasteiger partial charge in [0.2, 0.25) is 0 Å². The lowest BCUT2D eigenvalue weighted by molar-refractivity contribution is -0.0552. The topological polar surface area (TPSA) is 33.3 Å². The number of benzene rings is 1. The fraction of sp³-hybridized carbons (Fsp3) is 0.500. The molecule has 3 nitrogen and oxygen atoms in total. The molecule has 2 aliphatic rings. The maximum Gasteiger partial charge on any atom is 0.114 e. The lowest BCUT2D eigenvalue weighted by Crippen LogP contribution is -2.59. The van der Waals surface area contributed by atoms with Crippen LogP contribution in [0.3, 0.4) is 0 Å². The molecule has 1 heterocycles. The largest absolute Gasteiger partial charge is 0.358 e. The van der Waals surface area contributed by atoms with Crippen LogP contribution in [-0.2, 0) is 11.3 Å². The van der Waals surface area contributed by atoms with Crippen LogP contribution in [0, 0.1) is 5.92 Å². The van der Waals surface area contributed by atoms with Gasteiger partial charge in [0.25, 0.3) is 0 Å². The molecule has 1 saturated carbocycles. The summed E-state index contributed by atoms with van der Waals surface area (Å²) in [6, 6.07) is 10.9. The van der Waals surface area contributed by atoms with Crippen molar-refractivity contribution in [2.24, 2.45) is 5.92 Å². The third kappa shape index (κ3) is 3.06. The summed E-state index contributed by atoms with van der Waals surface area (Å²) in [5, 5.41) is 6.97. The molecular formula is C16H22N2O. The average Bonchev–Trinajstić information content (AvgIpc) is 2.46. The van der Waals surface area contributed by atoms with Crippen molar-refractivity contribution in [1.29, 1.82) is 0 Å². The second-order valence-electron chi connectivity index (χ2n) is 5.57. The third-order valence-electron chi connectivity index (χ3n) is 4.18. The van der Waals surface area contributed by atoms with Crippen LogP contribution in [0.4, 0.5) is 0 Å². The molecule has 1 aliphatic carbocycles. The summed E-state index contributed by atoms with van der Waals surface area (Å²) in [7, 11) is 0. The van der Waals surface area contributed by atoms with Gasteiger partial charge < -0.3 is 10.1 Å². The Bertz CT molecular complexity index is 432. The highest BCUT2D eigenvalue weighted by Crippen LogP contribution is 2.32. The Morgan fingerprint density at radius 2 is 2.05 bits per heavy atom. The number of fused-ring (bicyclic) bond motifs is 1. The van der Waals surface area contributed by atoms with E-state index in [9.17, 15) is 0 Å². The zero-order valence-corrected chi connectivity index (χ0v) is 11.3. The Morgan fingerprint density at radius 3 is 2.89 bits per heavy atom. The van der Waals surface area contributed by atoms with Crippen molar-refractivity contribution in [1.82, 2.24) is 10.6 Å².